The molecule has 4 nitrogen and oxygen atoms in total. The molecular weight excluding hydrogens is 327 g/mol. The van der Waals surface area contributed by atoms with E-state index in [9.17, 15) is 4.79 Å². The van der Waals surface area contributed by atoms with Gasteiger partial charge in [-0.3, -0.25) is 4.79 Å². The van der Waals surface area contributed by atoms with Crippen molar-refractivity contribution >= 4 is 28.5 Å². The van der Waals surface area contributed by atoms with Gasteiger partial charge in [0.1, 0.15) is 0 Å². The first-order chi connectivity index (χ1) is 9.22. The Kier molecular flexibility index (Phi) is 4.68. The van der Waals surface area contributed by atoms with Crippen molar-refractivity contribution in [2.24, 2.45) is 0 Å². The van der Waals surface area contributed by atoms with E-state index in [-0.39, 0.29) is 38.5 Å². The third-order valence-electron chi connectivity index (χ3n) is 2.88. The number of hydrogen-bond donors (Lipinski definition) is 1. The van der Waals surface area contributed by atoms with Crippen LogP contribution in [0.2, 0.25) is 0 Å². The molecule has 1 heterocycles. The van der Waals surface area contributed by atoms with Gasteiger partial charge in [-0.05, 0) is 12.6 Å². The molecule has 0 saturated heterocycles. The third kappa shape index (κ3) is 3.14. The normalized spacial score (nSPS) is 10.1. The number of Topliss-reactive ketones (excluding diaryl/α,β-unsaturated/α-hetero) is 1. The minimum absolute atomic E-state index is 0. The van der Waals surface area contributed by atoms with E-state index in [4.69, 9.17) is 0 Å². The number of anilines is 2. The Balaban J connectivity index is 0.00000147. The van der Waals surface area contributed by atoms with E-state index < -0.39 is 0 Å². The molecule has 97 valence electrons. The molecule has 5 heteroatoms. The van der Waals surface area contributed by atoms with Gasteiger partial charge in [-0.2, -0.15) is 0 Å². The van der Waals surface area contributed by atoms with Crippen LogP contribution in [0.25, 0.3) is 11.0 Å². The molecule has 2 aromatic carbocycles. The molecule has 1 N–H and O–H groups in total. The van der Waals surface area contributed by atoms with E-state index in [0.717, 1.165) is 16.7 Å². The quantitative estimate of drug-likeness (QED) is 0.745. The van der Waals surface area contributed by atoms with Gasteiger partial charge in [0.15, 0.2) is 5.78 Å². The van der Waals surface area contributed by atoms with Crippen LogP contribution in [0.1, 0.15) is 17.3 Å². The maximum Gasteiger partial charge on any atom is 0.159 e. The van der Waals surface area contributed by atoms with Gasteiger partial charge in [-0.15, -0.1) is 0 Å². The minimum atomic E-state index is 0. The summed E-state index contributed by atoms with van der Waals surface area (Å²) in [6.45, 7) is 1.55. The summed E-state index contributed by atoms with van der Waals surface area (Å²) in [6.07, 6.45) is 0. The van der Waals surface area contributed by atoms with Gasteiger partial charge in [0.2, 0.25) is 0 Å². The summed E-state index contributed by atoms with van der Waals surface area (Å²) in [4.78, 5) is 19.9. The number of rotatable bonds is 3. The summed E-state index contributed by atoms with van der Waals surface area (Å²) in [5.74, 6) is 0.624. The van der Waals surface area contributed by atoms with Crippen LogP contribution >= 0.6 is 0 Å². The third-order valence-corrected chi connectivity index (χ3v) is 2.88. The summed E-state index contributed by atoms with van der Waals surface area (Å²) in [5, 5.41) is 3.13. The number of nitrogens with one attached hydrogen (secondary N) is 1. The first kappa shape index (κ1) is 14.9. The maximum absolute atomic E-state index is 11.2. The summed E-state index contributed by atoms with van der Waals surface area (Å²) in [7, 11) is 0. The number of para-hydroxylation sites is 2. The van der Waals surface area contributed by atoms with Crippen LogP contribution < -0.4 is 10.3 Å². The Morgan fingerprint density at radius 3 is 2.45 bits per heavy atom. The number of nitrogens with zero attached hydrogens (tertiary/aromatic N) is 2. The van der Waals surface area contributed by atoms with Gasteiger partial charge in [-0.1, -0.05) is 48.5 Å². The Morgan fingerprint density at radius 1 is 1.10 bits per heavy atom. The largest absolute Gasteiger partial charge is 0.412 e. The average Bonchev–Trinajstić information content (AvgIpc) is 2.81. The van der Waals surface area contributed by atoms with Crippen LogP contribution in [0.4, 0.5) is 11.6 Å². The molecule has 3 aromatic rings. The minimum Gasteiger partial charge on any atom is -0.412 e. The number of imidazole rings is 1. The number of carbonyl (C=O) groups is 1. The second kappa shape index (κ2) is 6.29. The molecule has 0 saturated carbocycles. The van der Waals surface area contributed by atoms with Gasteiger partial charge in [-0.25, -0.2) is 0 Å². The van der Waals surface area contributed by atoms with Gasteiger partial charge >= 0.3 is 0 Å². The van der Waals surface area contributed by atoms with E-state index >= 15 is 0 Å². The molecule has 0 fully saturated rings. The van der Waals surface area contributed by atoms with Crippen molar-refractivity contribution in [2.75, 3.05) is 5.32 Å². The Morgan fingerprint density at radius 2 is 1.80 bits per heavy atom. The topological polar surface area (TPSA) is 56.1 Å². The number of fused-ring (bicyclic) bond motifs is 1. The van der Waals surface area contributed by atoms with Crippen molar-refractivity contribution in [1.82, 2.24) is 9.97 Å². The van der Waals surface area contributed by atoms with Crippen molar-refractivity contribution in [3.05, 3.63) is 54.1 Å². The zero-order chi connectivity index (χ0) is 13.2. The zero-order valence-electron chi connectivity index (χ0n) is 11.0. The van der Waals surface area contributed by atoms with Crippen LogP contribution in [0, 0.1) is 0 Å². The van der Waals surface area contributed by atoms with E-state index in [1.807, 2.05) is 36.4 Å². The number of ketones is 1. The van der Waals surface area contributed by atoms with E-state index in [2.05, 4.69) is 15.3 Å². The maximum atomic E-state index is 11.2. The number of benzene rings is 2. The zero-order valence-corrected chi connectivity index (χ0v) is 13.8. The molecule has 0 amide bonds. The molecule has 0 aliphatic heterocycles. The fraction of sp³-hybridized carbons (Fsp3) is 0.0667. The molecule has 0 unspecified atom stereocenters. The molecule has 0 aliphatic rings. The predicted octanol–water partition coefficient (Wildman–Crippen LogP) is 3.14. The van der Waals surface area contributed by atoms with Gasteiger partial charge in [0.05, 0.1) is 0 Å². The first-order valence-electron chi connectivity index (χ1n) is 6.00. The molecule has 0 aliphatic carbocycles. The van der Waals surface area contributed by atoms with E-state index in [1.54, 1.807) is 19.1 Å². The van der Waals surface area contributed by atoms with Crippen LogP contribution in [0.3, 0.4) is 0 Å². The SMILES string of the molecule is CC(=O)c1ccc(Nc2nc3ccccc3[n-]2)cc1.[Y]. The molecule has 20 heavy (non-hydrogen) atoms. The fourth-order valence-corrected chi connectivity index (χ4v) is 1.88. The monoisotopic (exact) mass is 339 g/mol. The molecule has 1 radical (unpaired) electrons. The molecule has 1 aromatic heterocycles. The molecule has 0 bridgehead atoms. The molecule has 0 spiro atoms. The van der Waals surface area contributed by atoms with Crippen molar-refractivity contribution in [2.45, 2.75) is 6.92 Å². The number of hydrogen-bond acceptors (Lipinski definition) is 3. The van der Waals surface area contributed by atoms with Crippen LogP contribution in [0.5, 0.6) is 0 Å². The van der Waals surface area contributed by atoms with Gasteiger partial charge in [0.25, 0.3) is 0 Å². The Hall–Kier alpha value is -1.52. The van der Waals surface area contributed by atoms with Crippen LogP contribution in [0.15, 0.2) is 48.5 Å². The van der Waals surface area contributed by atoms with Crippen molar-refractivity contribution in [3.8, 4) is 0 Å². The summed E-state index contributed by atoms with van der Waals surface area (Å²) < 4.78 is 0. The number of carbonyl (C=O) groups excluding carboxylic acids is 1. The van der Waals surface area contributed by atoms with Crippen molar-refractivity contribution < 1.29 is 37.5 Å². The van der Waals surface area contributed by atoms with Crippen molar-refractivity contribution in [3.63, 3.8) is 0 Å². The Bertz CT molecular complexity index is 701. The second-order valence-electron chi connectivity index (χ2n) is 4.29. The summed E-state index contributed by atoms with van der Waals surface area (Å²) >= 11 is 0. The Labute approximate surface area is 141 Å². The first-order valence-corrected chi connectivity index (χ1v) is 6.00. The average molecular weight is 339 g/mol. The summed E-state index contributed by atoms with van der Waals surface area (Å²) in [5.41, 5.74) is 3.29. The standard InChI is InChI=1S/C15H13N3O.Y/c1-10(19)11-6-8-12(9-7-11)16-15-17-13-4-2-3-5-14(13)18-15;/h2-9H,1H3,(H2,16,17,18,19);/p-1. The van der Waals surface area contributed by atoms with E-state index in [0.29, 0.717) is 11.5 Å². The van der Waals surface area contributed by atoms with Gasteiger partial charge < -0.3 is 15.3 Å². The molecule has 3 rings (SSSR count). The smallest absolute Gasteiger partial charge is 0.159 e. The second-order valence-corrected chi connectivity index (χ2v) is 4.29. The van der Waals surface area contributed by atoms with Crippen LogP contribution in [-0.4, -0.2) is 10.8 Å². The van der Waals surface area contributed by atoms with Gasteiger partial charge in [0, 0.05) is 55.3 Å². The predicted molar refractivity (Wildman–Crippen MR) is 74.8 cm³/mol. The molecule has 0 atom stereocenters. The fourth-order valence-electron chi connectivity index (χ4n) is 1.88. The number of aromatic nitrogens is 2. The van der Waals surface area contributed by atoms with Crippen LogP contribution in [-0.2, 0) is 32.7 Å². The van der Waals surface area contributed by atoms with E-state index in [1.165, 1.54) is 0 Å². The summed E-state index contributed by atoms with van der Waals surface area (Å²) in [6, 6.07) is 15.0. The van der Waals surface area contributed by atoms with Crippen molar-refractivity contribution in [1.29, 1.82) is 0 Å². The molecular formula is C15H12N3OY-.